The van der Waals surface area contributed by atoms with Gasteiger partial charge >= 0.3 is 0 Å². The largest absolute Gasteiger partial charge is 0.357 e. The van der Waals surface area contributed by atoms with Gasteiger partial charge in [-0.25, -0.2) is 8.42 Å². The molecule has 4 aromatic rings. The fraction of sp³-hybridized carbons (Fsp3) is 0.212. The lowest BCUT2D eigenvalue weighted by Gasteiger charge is -2.34. The van der Waals surface area contributed by atoms with Gasteiger partial charge in [-0.2, -0.15) is 0 Å². The average molecular weight is 639 g/mol. The second-order valence-corrected chi connectivity index (χ2v) is 12.8. The summed E-state index contributed by atoms with van der Waals surface area (Å²) in [6.07, 6.45) is 0.184. The zero-order valence-electron chi connectivity index (χ0n) is 24.1. The van der Waals surface area contributed by atoms with Crippen LogP contribution < -0.4 is 9.62 Å². The number of rotatable bonds is 11. The lowest BCUT2D eigenvalue weighted by Crippen LogP contribution is -2.53. The van der Waals surface area contributed by atoms with Crippen LogP contribution >= 0.6 is 23.2 Å². The van der Waals surface area contributed by atoms with E-state index in [1.165, 1.54) is 24.1 Å². The molecule has 0 saturated carbocycles. The predicted molar refractivity (Wildman–Crippen MR) is 172 cm³/mol. The van der Waals surface area contributed by atoms with Crippen LogP contribution in [0, 0.1) is 13.8 Å². The zero-order chi connectivity index (χ0) is 31.1. The van der Waals surface area contributed by atoms with E-state index in [1.54, 1.807) is 48.5 Å². The van der Waals surface area contributed by atoms with Gasteiger partial charge in [0.25, 0.3) is 10.0 Å². The number of nitrogens with one attached hydrogen (secondary N) is 1. The van der Waals surface area contributed by atoms with Crippen molar-refractivity contribution in [2.45, 2.75) is 37.8 Å². The molecule has 0 saturated heterocycles. The Morgan fingerprint density at radius 1 is 0.814 bits per heavy atom. The monoisotopic (exact) mass is 637 g/mol. The number of anilines is 1. The predicted octanol–water partition coefficient (Wildman–Crippen LogP) is 6.19. The number of halogens is 2. The molecule has 0 aliphatic rings. The normalized spacial score (nSPS) is 11.9. The Kier molecular flexibility index (Phi) is 10.5. The summed E-state index contributed by atoms with van der Waals surface area (Å²) in [5, 5.41) is 3.31. The van der Waals surface area contributed by atoms with Crippen molar-refractivity contribution in [3.05, 3.63) is 129 Å². The fourth-order valence-electron chi connectivity index (χ4n) is 4.81. The molecule has 0 radical (unpaired) electrons. The highest BCUT2D eigenvalue weighted by Crippen LogP contribution is 2.31. The molecule has 0 aliphatic carbocycles. The van der Waals surface area contributed by atoms with Gasteiger partial charge < -0.3 is 10.2 Å². The summed E-state index contributed by atoms with van der Waals surface area (Å²) in [7, 11) is -2.69. The number of aryl methyl sites for hydroxylation is 1. The number of likely N-dealkylation sites (N-methyl/N-ethyl adjacent to an activating group) is 1. The van der Waals surface area contributed by atoms with Gasteiger partial charge in [-0.3, -0.25) is 13.9 Å². The summed E-state index contributed by atoms with van der Waals surface area (Å²) >= 11 is 13.0. The van der Waals surface area contributed by atoms with Crippen LogP contribution in [0.1, 0.15) is 22.3 Å². The third-order valence-electron chi connectivity index (χ3n) is 7.36. The van der Waals surface area contributed by atoms with E-state index in [4.69, 9.17) is 23.2 Å². The highest BCUT2D eigenvalue weighted by atomic mass is 35.5. The van der Waals surface area contributed by atoms with Crippen LogP contribution in [-0.2, 0) is 32.6 Å². The number of hydrogen-bond acceptors (Lipinski definition) is 4. The molecule has 4 rings (SSSR count). The van der Waals surface area contributed by atoms with Crippen LogP contribution in [0.5, 0.6) is 0 Å². The van der Waals surface area contributed by atoms with Crippen molar-refractivity contribution in [3.8, 4) is 0 Å². The van der Waals surface area contributed by atoms with Gasteiger partial charge in [-0.1, -0.05) is 89.9 Å². The Morgan fingerprint density at radius 3 is 2.00 bits per heavy atom. The minimum Gasteiger partial charge on any atom is -0.357 e. The van der Waals surface area contributed by atoms with Crippen molar-refractivity contribution >= 4 is 50.7 Å². The molecule has 0 heterocycles. The van der Waals surface area contributed by atoms with Crippen molar-refractivity contribution in [2.75, 3.05) is 17.9 Å². The molecule has 10 heteroatoms. The molecule has 0 bridgehead atoms. The minimum absolute atomic E-state index is 0.0385. The molecule has 0 spiro atoms. The van der Waals surface area contributed by atoms with Crippen LogP contribution in [-0.4, -0.2) is 44.8 Å². The molecular weight excluding hydrogens is 605 g/mol. The molecular formula is C33H33Cl2N3O4S. The second kappa shape index (κ2) is 14.1. The van der Waals surface area contributed by atoms with Gasteiger partial charge in [0.2, 0.25) is 11.8 Å². The average Bonchev–Trinajstić information content (AvgIpc) is 3.01. The molecule has 4 aromatic carbocycles. The van der Waals surface area contributed by atoms with E-state index in [9.17, 15) is 18.0 Å². The molecule has 0 aromatic heterocycles. The van der Waals surface area contributed by atoms with Gasteiger partial charge in [0, 0.05) is 35.6 Å². The third-order valence-corrected chi connectivity index (χ3v) is 9.84. The number of sulfonamides is 1. The minimum atomic E-state index is -4.19. The molecule has 0 unspecified atom stereocenters. The second-order valence-electron chi connectivity index (χ2n) is 10.1. The maximum atomic E-state index is 14.4. The van der Waals surface area contributed by atoms with Crippen LogP contribution in [0.25, 0.3) is 0 Å². The number of carbonyl (C=O) groups excluding carboxylic acids is 2. The van der Waals surface area contributed by atoms with Gasteiger partial charge in [-0.15, -0.1) is 0 Å². The lowest BCUT2D eigenvalue weighted by molar-refractivity contribution is -0.139. The van der Waals surface area contributed by atoms with E-state index in [1.807, 2.05) is 50.2 Å². The smallest absolute Gasteiger partial charge is 0.264 e. The highest BCUT2D eigenvalue weighted by Gasteiger charge is 2.35. The fourth-order valence-corrected chi connectivity index (χ4v) is 6.82. The molecule has 1 N–H and O–H groups in total. The lowest BCUT2D eigenvalue weighted by atomic mass is 10.0. The summed E-state index contributed by atoms with van der Waals surface area (Å²) < 4.78 is 29.3. The number of benzene rings is 4. The van der Waals surface area contributed by atoms with Gasteiger partial charge in [0.1, 0.15) is 12.6 Å². The quantitative estimate of drug-likeness (QED) is 0.212. The SMILES string of the molecule is CNC(=O)[C@H](Cc1ccccc1)N(Cc1c(Cl)cccc1Cl)C(=O)CN(c1cccc(C)c1C)S(=O)(=O)c1ccccc1. The first-order valence-electron chi connectivity index (χ1n) is 13.7. The number of nitrogens with zero attached hydrogens (tertiary/aromatic N) is 2. The number of hydrogen-bond donors (Lipinski definition) is 1. The Balaban J connectivity index is 1.85. The van der Waals surface area contributed by atoms with E-state index < -0.39 is 34.4 Å². The third kappa shape index (κ3) is 7.39. The van der Waals surface area contributed by atoms with Crippen LogP contribution in [0.4, 0.5) is 5.69 Å². The Labute approximate surface area is 263 Å². The van der Waals surface area contributed by atoms with Gasteiger partial charge in [0.05, 0.1) is 10.6 Å². The summed E-state index contributed by atoms with van der Waals surface area (Å²) in [6, 6.07) is 26.5. The van der Waals surface area contributed by atoms with Crippen molar-refractivity contribution in [1.82, 2.24) is 10.2 Å². The molecule has 43 heavy (non-hydrogen) atoms. The number of carbonyl (C=O) groups is 2. The molecule has 1 atom stereocenters. The molecule has 2 amide bonds. The maximum absolute atomic E-state index is 14.4. The Bertz CT molecular complexity index is 1680. The first kappa shape index (κ1) is 32.1. The number of amides is 2. The van der Waals surface area contributed by atoms with Crippen molar-refractivity contribution in [3.63, 3.8) is 0 Å². The molecule has 0 fully saturated rings. The summed E-state index contributed by atoms with van der Waals surface area (Å²) in [4.78, 5) is 29.2. The van der Waals surface area contributed by atoms with E-state index in [0.717, 1.165) is 15.4 Å². The highest BCUT2D eigenvalue weighted by molar-refractivity contribution is 7.92. The first-order valence-corrected chi connectivity index (χ1v) is 15.9. The summed E-state index contributed by atoms with van der Waals surface area (Å²) in [5.41, 5.74) is 3.22. The van der Waals surface area contributed by atoms with E-state index in [2.05, 4.69) is 5.32 Å². The standard InChI is InChI=1S/C33H33Cl2N3O4S/c1-23-12-10-19-30(24(23)2)38(43(41,42)26-15-8-5-9-16-26)22-32(39)37(21-27-28(34)17-11-18-29(27)35)31(33(40)36-3)20-25-13-6-4-7-14-25/h4-19,31H,20-22H2,1-3H3,(H,36,40)/t31-/m0/s1. The topological polar surface area (TPSA) is 86.8 Å². The van der Waals surface area contributed by atoms with Crippen LogP contribution in [0.2, 0.25) is 10.0 Å². The van der Waals surface area contributed by atoms with Crippen molar-refractivity contribution in [2.24, 2.45) is 0 Å². The molecule has 224 valence electrons. The molecule has 0 aliphatic heterocycles. The summed E-state index contributed by atoms with van der Waals surface area (Å²) in [5.74, 6) is -1.01. The van der Waals surface area contributed by atoms with Crippen molar-refractivity contribution < 1.29 is 18.0 Å². The Morgan fingerprint density at radius 2 is 1.40 bits per heavy atom. The van der Waals surface area contributed by atoms with Crippen LogP contribution in [0.3, 0.4) is 0 Å². The zero-order valence-corrected chi connectivity index (χ0v) is 26.5. The Hall–Kier alpha value is -3.85. The van der Waals surface area contributed by atoms with Crippen LogP contribution in [0.15, 0.2) is 102 Å². The van der Waals surface area contributed by atoms with Gasteiger partial charge in [0.15, 0.2) is 0 Å². The van der Waals surface area contributed by atoms with E-state index in [0.29, 0.717) is 26.9 Å². The first-order chi connectivity index (χ1) is 20.5. The van der Waals surface area contributed by atoms with Gasteiger partial charge in [-0.05, 0) is 60.9 Å². The summed E-state index contributed by atoms with van der Waals surface area (Å²) in [6.45, 7) is 3.01. The molecule has 7 nitrogen and oxygen atoms in total. The maximum Gasteiger partial charge on any atom is 0.264 e. The van der Waals surface area contributed by atoms with Crippen molar-refractivity contribution in [1.29, 1.82) is 0 Å². The van der Waals surface area contributed by atoms with E-state index >= 15 is 0 Å². The van der Waals surface area contributed by atoms with E-state index in [-0.39, 0.29) is 17.9 Å².